The maximum Gasteiger partial charge on any atom is 0.262 e. The molecular formula is C25H19N5O3. The first-order valence-corrected chi connectivity index (χ1v) is 10.2. The number of anilines is 1. The number of pyridine rings is 2. The van der Waals surface area contributed by atoms with Gasteiger partial charge in [0.2, 0.25) is 5.88 Å². The van der Waals surface area contributed by atoms with Crippen LogP contribution in [0.3, 0.4) is 0 Å². The van der Waals surface area contributed by atoms with Gasteiger partial charge in [0, 0.05) is 12.3 Å². The zero-order valence-electron chi connectivity index (χ0n) is 17.5. The van der Waals surface area contributed by atoms with Crippen LogP contribution >= 0.6 is 0 Å². The van der Waals surface area contributed by atoms with Crippen LogP contribution in [0.4, 0.5) is 5.69 Å². The van der Waals surface area contributed by atoms with Crippen molar-refractivity contribution in [1.82, 2.24) is 19.5 Å². The van der Waals surface area contributed by atoms with Gasteiger partial charge in [-0.25, -0.2) is 15.0 Å². The van der Waals surface area contributed by atoms with Crippen LogP contribution in [0.5, 0.6) is 17.4 Å². The van der Waals surface area contributed by atoms with E-state index in [0.717, 1.165) is 11.0 Å². The predicted octanol–water partition coefficient (Wildman–Crippen LogP) is 4.63. The molecule has 0 aliphatic heterocycles. The molecule has 0 unspecified atom stereocenters. The van der Waals surface area contributed by atoms with Gasteiger partial charge in [-0.2, -0.15) is 0 Å². The summed E-state index contributed by atoms with van der Waals surface area (Å²) in [6.07, 6.45) is 4.99. The monoisotopic (exact) mass is 437 g/mol. The SMILES string of the molecule is O=C(COc1ccc(Oc2ccccn2)cc1)Nc1ccc(-n2cnc3ccccc32)nc1. The van der Waals surface area contributed by atoms with Crippen LogP contribution in [0.15, 0.2) is 97.6 Å². The van der Waals surface area contributed by atoms with Crippen LogP contribution < -0.4 is 14.8 Å². The summed E-state index contributed by atoms with van der Waals surface area (Å²) in [5.74, 6) is 2.12. The number of rotatable bonds is 7. The zero-order chi connectivity index (χ0) is 22.5. The van der Waals surface area contributed by atoms with Gasteiger partial charge in [-0.15, -0.1) is 0 Å². The number of carbonyl (C=O) groups excluding carboxylic acids is 1. The van der Waals surface area contributed by atoms with Crippen molar-refractivity contribution in [2.45, 2.75) is 0 Å². The number of aromatic nitrogens is 4. The van der Waals surface area contributed by atoms with Crippen LogP contribution in [-0.4, -0.2) is 32.0 Å². The Labute approximate surface area is 189 Å². The van der Waals surface area contributed by atoms with Crippen LogP contribution in [0, 0.1) is 0 Å². The summed E-state index contributed by atoms with van der Waals surface area (Å²) < 4.78 is 13.1. The molecule has 8 nitrogen and oxygen atoms in total. The van der Waals surface area contributed by atoms with Gasteiger partial charge in [0.25, 0.3) is 5.91 Å². The normalized spacial score (nSPS) is 10.7. The number of benzene rings is 2. The third-order valence-electron chi connectivity index (χ3n) is 4.79. The molecule has 162 valence electrons. The average Bonchev–Trinajstić information content (AvgIpc) is 3.29. The Morgan fingerprint density at radius 3 is 2.45 bits per heavy atom. The van der Waals surface area contributed by atoms with Crippen LogP contribution in [-0.2, 0) is 4.79 Å². The summed E-state index contributed by atoms with van der Waals surface area (Å²) in [5, 5.41) is 2.78. The summed E-state index contributed by atoms with van der Waals surface area (Å²) in [6, 6.07) is 23.9. The number of carbonyl (C=O) groups is 1. The molecule has 8 heteroatoms. The largest absolute Gasteiger partial charge is 0.484 e. The fourth-order valence-corrected chi connectivity index (χ4v) is 3.22. The molecule has 0 saturated heterocycles. The second-order valence-electron chi connectivity index (χ2n) is 7.09. The second kappa shape index (κ2) is 9.19. The van der Waals surface area contributed by atoms with Crippen molar-refractivity contribution in [2.24, 2.45) is 0 Å². The Morgan fingerprint density at radius 1 is 0.848 bits per heavy atom. The third-order valence-corrected chi connectivity index (χ3v) is 4.79. The summed E-state index contributed by atoms with van der Waals surface area (Å²) in [7, 11) is 0. The number of para-hydroxylation sites is 2. The van der Waals surface area contributed by atoms with E-state index in [0.29, 0.717) is 28.9 Å². The maximum absolute atomic E-state index is 12.3. The number of nitrogens with one attached hydrogen (secondary N) is 1. The van der Waals surface area contributed by atoms with E-state index in [-0.39, 0.29) is 12.5 Å². The van der Waals surface area contributed by atoms with Gasteiger partial charge in [0.05, 0.1) is 22.9 Å². The molecule has 0 radical (unpaired) electrons. The minimum absolute atomic E-state index is 0.131. The van der Waals surface area contributed by atoms with Gasteiger partial charge in [-0.3, -0.25) is 9.36 Å². The number of hydrogen-bond donors (Lipinski definition) is 1. The van der Waals surface area contributed by atoms with Gasteiger partial charge in [0.15, 0.2) is 6.61 Å². The number of hydrogen-bond acceptors (Lipinski definition) is 6. The maximum atomic E-state index is 12.3. The summed E-state index contributed by atoms with van der Waals surface area (Å²) in [6.45, 7) is -0.131. The molecule has 3 aromatic heterocycles. The van der Waals surface area contributed by atoms with E-state index in [1.165, 1.54) is 0 Å². The van der Waals surface area contributed by atoms with Crippen LogP contribution in [0.1, 0.15) is 0 Å². The molecule has 0 spiro atoms. The highest BCUT2D eigenvalue weighted by molar-refractivity contribution is 5.91. The Balaban J connectivity index is 1.15. The Morgan fingerprint density at radius 2 is 1.67 bits per heavy atom. The highest BCUT2D eigenvalue weighted by atomic mass is 16.5. The topological polar surface area (TPSA) is 91.2 Å². The molecule has 0 aliphatic rings. The first kappa shape index (κ1) is 20.2. The Kier molecular flexibility index (Phi) is 5.62. The highest BCUT2D eigenvalue weighted by Crippen LogP contribution is 2.22. The van der Waals surface area contributed by atoms with E-state index in [2.05, 4.69) is 20.3 Å². The number of nitrogens with zero attached hydrogens (tertiary/aromatic N) is 4. The lowest BCUT2D eigenvalue weighted by Crippen LogP contribution is -2.20. The van der Waals surface area contributed by atoms with E-state index in [1.54, 1.807) is 55.1 Å². The molecule has 2 aromatic carbocycles. The van der Waals surface area contributed by atoms with Gasteiger partial charge in [-0.05, 0) is 54.6 Å². The van der Waals surface area contributed by atoms with Crippen LogP contribution in [0.25, 0.3) is 16.9 Å². The summed E-state index contributed by atoms with van der Waals surface area (Å²) in [5.41, 5.74) is 2.44. The highest BCUT2D eigenvalue weighted by Gasteiger charge is 2.08. The first-order valence-electron chi connectivity index (χ1n) is 10.2. The molecule has 5 aromatic rings. The second-order valence-corrected chi connectivity index (χ2v) is 7.09. The molecule has 0 atom stereocenters. The van der Waals surface area contributed by atoms with Crippen molar-refractivity contribution in [3.8, 4) is 23.2 Å². The van der Waals surface area contributed by atoms with E-state index < -0.39 is 0 Å². The van der Waals surface area contributed by atoms with E-state index >= 15 is 0 Å². The number of fused-ring (bicyclic) bond motifs is 1. The number of amides is 1. The first-order chi connectivity index (χ1) is 16.2. The Hall–Kier alpha value is -4.72. The molecule has 0 bridgehead atoms. The molecular weight excluding hydrogens is 418 g/mol. The molecule has 0 saturated carbocycles. The lowest BCUT2D eigenvalue weighted by Gasteiger charge is -2.09. The third kappa shape index (κ3) is 4.80. The summed E-state index contributed by atoms with van der Waals surface area (Å²) >= 11 is 0. The summed E-state index contributed by atoms with van der Waals surface area (Å²) in [4.78, 5) is 25.2. The van der Waals surface area contributed by atoms with Crippen molar-refractivity contribution in [3.05, 3.63) is 97.6 Å². The van der Waals surface area contributed by atoms with Gasteiger partial charge in [0.1, 0.15) is 23.6 Å². The lowest BCUT2D eigenvalue weighted by atomic mass is 10.3. The van der Waals surface area contributed by atoms with Crippen LogP contribution in [0.2, 0.25) is 0 Å². The molecule has 3 heterocycles. The molecule has 0 aliphatic carbocycles. The van der Waals surface area contributed by atoms with Gasteiger partial charge < -0.3 is 14.8 Å². The smallest absolute Gasteiger partial charge is 0.262 e. The quantitative estimate of drug-likeness (QED) is 0.399. The van der Waals surface area contributed by atoms with E-state index in [1.807, 2.05) is 47.0 Å². The molecule has 0 fully saturated rings. The van der Waals surface area contributed by atoms with Crippen molar-refractivity contribution in [1.29, 1.82) is 0 Å². The van der Waals surface area contributed by atoms with Crippen molar-refractivity contribution in [2.75, 3.05) is 11.9 Å². The van der Waals surface area contributed by atoms with Crippen molar-refractivity contribution >= 4 is 22.6 Å². The van der Waals surface area contributed by atoms with Gasteiger partial charge >= 0.3 is 0 Å². The molecule has 1 N–H and O–H groups in total. The minimum Gasteiger partial charge on any atom is -0.484 e. The van der Waals surface area contributed by atoms with E-state index in [4.69, 9.17) is 9.47 Å². The molecule has 33 heavy (non-hydrogen) atoms. The lowest BCUT2D eigenvalue weighted by molar-refractivity contribution is -0.118. The number of ether oxygens (including phenoxy) is 2. The predicted molar refractivity (Wildman–Crippen MR) is 124 cm³/mol. The Bertz CT molecular complexity index is 1370. The molecule has 5 rings (SSSR count). The zero-order valence-corrected chi connectivity index (χ0v) is 17.5. The fourth-order valence-electron chi connectivity index (χ4n) is 3.22. The van der Waals surface area contributed by atoms with Crippen molar-refractivity contribution < 1.29 is 14.3 Å². The standard InChI is InChI=1S/C25H19N5O3/c31-24(16-32-19-9-11-20(12-10-19)33-25-7-3-4-14-26-25)29-18-8-13-23(27-15-18)30-17-28-21-5-1-2-6-22(21)30/h1-15,17H,16H2,(H,29,31). The van der Waals surface area contributed by atoms with Gasteiger partial charge in [-0.1, -0.05) is 18.2 Å². The van der Waals surface area contributed by atoms with E-state index in [9.17, 15) is 4.79 Å². The minimum atomic E-state index is -0.286. The number of imidazole rings is 1. The molecule has 1 amide bonds. The fraction of sp³-hybridized carbons (Fsp3) is 0.0400. The van der Waals surface area contributed by atoms with Crippen molar-refractivity contribution in [3.63, 3.8) is 0 Å². The average molecular weight is 437 g/mol.